The SMILES string of the molecule is COCCN1CC(C(=O)O)CN2CCN(Cc3ccsc3)CC2C1. The molecule has 0 aliphatic carbocycles. The van der Waals surface area contributed by atoms with E-state index in [2.05, 4.69) is 31.5 Å². The van der Waals surface area contributed by atoms with Gasteiger partial charge in [-0.25, -0.2) is 0 Å². The van der Waals surface area contributed by atoms with Gasteiger partial charge in [-0.3, -0.25) is 19.5 Å². The van der Waals surface area contributed by atoms with Crippen LogP contribution < -0.4 is 0 Å². The van der Waals surface area contributed by atoms with Crippen molar-refractivity contribution in [1.82, 2.24) is 14.7 Å². The van der Waals surface area contributed by atoms with Crippen LogP contribution in [0.3, 0.4) is 0 Å². The highest BCUT2D eigenvalue weighted by molar-refractivity contribution is 7.07. The lowest BCUT2D eigenvalue weighted by molar-refractivity contribution is -0.142. The van der Waals surface area contributed by atoms with Crippen molar-refractivity contribution in [2.24, 2.45) is 5.92 Å². The number of rotatable bonds is 6. The molecule has 0 saturated carbocycles. The van der Waals surface area contributed by atoms with E-state index < -0.39 is 5.97 Å². The van der Waals surface area contributed by atoms with Gasteiger partial charge in [-0.15, -0.1) is 0 Å². The highest BCUT2D eigenvalue weighted by Gasteiger charge is 2.36. The van der Waals surface area contributed by atoms with Crippen molar-refractivity contribution in [3.63, 3.8) is 0 Å². The van der Waals surface area contributed by atoms with Crippen LogP contribution in [0.5, 0.6) is 0 Å². The highest BCUT2D eigenvalue weighted by atomic mass is 32.1. The third-order valence-corrected chi connectivity index (χ3v) is 5.77. The van der Waals surface area contributed by atoms with Crippen LogP contribution in [0.25, 0.3) is 0 Å². The minimum Gasteiger partial charge on any atom is -0.481 e. The molecule has 1 aromatic rings. The molecular weight excluding hydrogens is 326 g/mol. The molecule has 24 heavy (non-hydrogen) atoms. The molecule has 134 valence electrons. The van der Waals surface area contributed by atoms with Crippen molar-refractivity contribution >= 4 is 17.3 Å². The Morgan fingerprint density at radius 3 is 2.83 bits per heavy atom. The smallest absolute Gasteiger partial charge is 0.309 e. The molecule has 1 N–H and O–H groups in total. The summed E-state index contributed by atoms with van der Waals surface area (Å²) in [7, 11) is 1.70. The molecule has 3 heterocycles. The van der Waals surface area contributed by atoms with Gasteiger partial charge in [0.05, 0.1) is 12.5 Å². The van der Waals surface area contributed by atoms with E-state index in [1.165, 1.54) is 5.56 Å². The topological polar surface area (TPSA) is 56.2 Å². The summed E-state index contributed by atoms with van der Waals surface area (Å²) < 4.78 is 5.20. The Morgan fingerprint density at radius 1 is 1.29 bits per heavy atom. The molecule has 0 spiro atoms. The number of carbonyl (C=O) groups is 1. The number of ether oxygens (including phenoxy) is 1. The number of aliphatic carboxylic acids is 1. The van der Waals surface area contributed by atoms with Gasteiger partial charge in [0, 0.05) is 65.5 Å². The van der Waals surface area contributed by atoms with Gasteiger partial charge in [0.15, 0.2) is 0 Å². The highest BCUT2D eigenvalue weighted by Crippen LogP contribution is 2.20. The van der Waals surface area contributed by atoms with E-state index in [1.807, 2.05) is 0 Å². The minimum atomic E-state index is -0.682. The standard InChI is InChI=1S/C17H27N3O3S/c1-23-6-5-19-9-15(17(21)22)10-20-4-3-18(11-16(20)12-19)8-14-2-7-24-13-14/h2,7,13,15-16H,3-6,8-12H2,1H3,(H,21,22). The average molecular weight is 353 g/mol. The average Bonchev–Trinajstić information content (AvgIpc) is 2.99. The van der Waals surface area contributed by atoms with Crippen LogP contribution in [0.1, 0.15) is 5.56 Å². The van der Waals surface area contributed by atoms with E-state index in [0.717, 1.165) is 39.3 Å². The molecule has 7 heteroatoms. The van der Waals surface area contributed by atoms with E-state index in [1.54, 1.807) is 18.4 Å². The van der Waals surface area contributed by atoms with Crippen molar-refractivity contribution in [3.8, 4) is 0 Å². The van der Waals surface area contributed by atoms with Crippen LogP contribution in [0.4, 0.5) is 0 Å². The first kappa shape index (κ1) is 17.8. The molecule has 6 nitrogen and oxygen atoms in total. The van der Waals surface area contributed by atoms with Gasteiger partial charge in [-0.1, -0.05) is 0 Å². The van der Waals surface area contributed by atoms with Crippen molar-refractivity contribution in [2.45, 2.75) is 12.6 Å². The zero-order valence-corrected chi connectivity index (χ0v) is 15.1. The first-order chi connectivity index (χ1) is 11.7. The molecule has 0 amide bonds. The Balaban J connectivity index is 1.64. The van der Waals surface area contributed by atoms with Crippen LogP contribution in [-0.2, 0) is 16.1 Å². The molecule has 2 aliphatic rings. The first-order valence-electron chi connectivity index (χ1n) is 8.57. The lowest BCUT2D eigenvalue weighted by atomic mass is 10.1. The number of piperazine rings is 1. The largest absolute Gasteiger partial charge is 0.481 e. The number of nitrogens with zero attached hydrogens (tertiary/aromatic N) is 3. The minimum absolute atomic E-state index is 0.310. The third kappa shape index (κ3) is 4.55. The molecule has 2 atom stereocenters. The van der Waals surface area contributed by atoms with Crippen LogP contribution in [-0.4, -0.2) is 91.3 Å². The molecule has 0 aromatic carbocycles. The summed E-state index contributed by atoms with van der Waals surface area (Å²) in [5.41, 5.74) is 1.38. The van der Waals surface area contributed by atoms with Crippen molar-refractivity contribution in [2.75, 3.05) is 59.5 Å². The Kier molecular flexibility index (Phi) is 6.24. The Labute approximate surface area is 147 Å². The van der Waals surface area contributed by atoms with E-state index in [9.17, 15) is 9.90 Å². The fourth-order valence-corrected chi connectivity index (χ4v) is 4.40. The van der Waals surface area contributed by atoms with E-state index in [0.29, 0.717) is 25.7 Å². The molecule has 3 rings (SSSR count). The Bertz CT molecular complexity index is 525. The fraction of sp³-hybridized carbons (Fsp3) is 0.706. The van der Waals surface area contributed by atoms with Crippen molar-refractivity contribution in [1.29, 1.82) is 0 Å². The zero-order valence-electron chi connectivity index (χ0n) is 14.3. The lowest BCUT2D eigenvalue weighted by Gasteiger charge is -2.41. The number of methoxy groups -OCH3 is 1. The third-order valence-electron chi connectivity index (χ3n) is 5.04. The van der Waals surface area contributed by atoms with E-state index >= 15 is 0 Å². The first-order valence-corrected chi connectivity index (χ1v) is 9.51. The van der Waals surface area contributed by atoms with Crippen LogP contribution >= 0.6 is 11.3 Å². The molecule has 2 saturated heterocycles. The monoisotopic (exact) mass is 353 g/mol. The van der Waals surface area contributed by atoms with Gasteiger partial charge in [0.25, 0.3) is 0 Å². The summed E-state index contributed by atoms with van der Waals surface area (Å²) >= 11 is 1.74. The van der Waals surface area contributed by atoms with Gasteiger partial charge < -0.3 is 9.84 Å². The molecule has 0 radical (unpaired) electrons. The maximum Gasteiger partial charge on any atom is 0.309 e. The maximum absolute atomic E-state index is 11.6. The second-order valence-electron chi connectivity index (χ2n) is 6.80. The normalized spacial score (nSPS) is 26.9. The quantitative estimate of drug-likeness (QED) is 0.820. The molecule has 2 unspecified atom stereocenters. The van der Waals surface area contributed by atoms with Crippen LogP contribution in [0.15, 0.2) is 16.8 Å². The summed E-state index contributed by atoms with van der Waals surface area (Å²) in [5.74, 6) is -0.992. The van der Waals surface area contributed by atoms with E-state index in [4.69, 9.17) is 4.74 Å². The number of carboxylic acids is 1. The Hall–Kier alpha value is -0.990. The number of fused-ring (bicyclic) bond motifs is 1. The van der Waals surface area contributed by atoms with Crippen molar-refractivity contribution in [3.05, 3.63) is 22.4 Å². The van der Waals surface area contributed by atoms with Gasteiger partial charge in [0.2, 0.25) is 0 Å². The molecule has 1 aromatic heterocycles. The summed E-state index contributed by atoms with van der Waals surface area (Å²) in [4.78, 5) is 18.7. The molecule has 2 aliphatic heterocycles. The lowest BCUT2D eigenvalue weighted by Crippen LogP contribution is -2.55. The number of thiophene rings is 1. The van der Waals surface area contributed by atoms with Gasteiger partial charge in [0.1, 0.15) is 0 Å². The summed E-state index contributed by atoms with van der Waals surface area (Å²) in [6, 6.07) is 2.59. The Morgan fingerprint density at radius 2 is 2.12 bits per heavy atom. The van der Waals surface area contributed by atoms with Crippen LogP contribution in [0, 0.1) is 5.92 Å². The maximum atomic E-state index is 11.6. The predicted octanol–water partition coefficient (Wildman–Crippen LogP) is 0.897. The second-order valence-corrected chi connectivity index (χ2v) is 7.58. The zero-order chi connectivity index (χ0) is 16.9. The van der Waals surface area contributed by atoms with Crippen LogP contribution in [0.2, 0.25) is 0 Å². The summed E-state index contributed by atoms with van der Waals surface area (Å²) in [6.07, 6.45) is 0. The number of carboxylic acid groups (broad SMARTS) is 1. The fourth-order valence-electron chi connectivity index (χ4n) is 3.74. The van der Waals surface area contributed by atoms with Gasteiger partial charge in [-0.2, -0.15) is 11.3 Å². The summed E-state index contributed by atoms with van der Waals surface area (Å²) in [6.45, 7) is 7.62. The van der Waals surface area contributed by atoms with Gasteiger partial charge >= 0.3 is 5.97 Å². The summed E-state index contributed by atoms with van der Waals surface area (Å²) in [5, 5.41) is 13.9. The molecule has 2 fully saturated rings. The van der Waals surface area contributed by atoms with Gasteiger partial charge in [-0.05, 0) is 22.4 Å². The number of hydrogen-bond acceptors (Lipinski definition) is 6. The van der Waals surface area contributed by atoms with E-state index in [-0.39, 0.29) is 5.92 Å². The molecular formula is C17H27N3O3S. The van der Waals surface area contributed by atoms with Crippen molar-refractivity contribution < 1.29 is 14.6 Å². The second kappa shape index (κ2) is 8.40. The number of hydrogen-bond donors (Lipinski definition) is 1. The predicted molar refractivity (Wildman–Crippen MR) is 94.4 cm³/mol. The molecule has 0 bridgehead atoms.